The van der Waals surface area contributed by atoms with E-state index in [0.717, 1.165) is 32.1 Å². The zero-order valence-corrected chi connectivity index (χ0v) is 17.5. The fourth-order valence-electron chi connectivity index (χ4n) is 5.62. The van der Waals surface area contributed by atoms with Gasteiger partial charge in [-0.3, -0.25) is 10.0 Å². The second kappa shape index (κ2) is 10.7. The molecule has 3 rings (SSSR count). The summed E-state index contributed by atoms with van der Waals surface area (Å²) >= 11 is 0. The number of carbonyl (C=O) groups excluding carboxylic acids is 1. The second-order valence-electron chi connectivity index (χ2n) is 9.18. The third-order valence-corrected chi connectivity index (χ3v) is 7.28. The Labute approximate surface area is 170 Å². The molecule has 0 radical (unpaired) electrons. The molecule has 1 amide bonds. The minimum atomic E-state index is -0.230. The van der Waals surface area contributed by atoms with Crippen molar-refractivity contribution in [3.05, 3.63) is 12.2 Å². The van der Waals surface area contributed by atoms with Gasteiger partial charge in [0.1, 0.15) is 0 Å². The van der Waals surface area contributed by atoms with Gasteiger partial charge >= 0.3 is 0 Å². The van der Waals surface area contributed by atoms with Crippen molar-refractivity contribution >= 4 is 5.91 Å². The lowest BCUT2D eigenvalue weighted by Crippen LogP contribution is -2.29. The predicted molar refractivity (Wildman–Crippen MR) is 109 cm³/mol. The highest BCUT2D eigenvalue weighted by molar-refractivity contribution is 5.74. The minimum absolute atomic E-state index is 0.127. The third kappa shape index (κ3) is 5.80. The lowest BCUT2D eigenvalue weighted by atomic mass is 9.74. The Morgan fingerprint density at radius 2 is 1.82 bits per heavy atom. The third-order valence-electron chi connectivity index (χ3n) is 7.28. The summed E-state index contributed by atoms with van der Waals surface area (Å²) in [6, 6.07) is 0. The van der Waals surface area contributed by atoms with E-state index in [2.05, 4.69) is 12.2 Å². The molecule has 5 atom stereocenters. The van der Waals surface area contributed by atoms with Gasteiger partial charge in [0.25, 0.3) is 0 Å². The first kappa shape index (κ1) is 21.8. The molecular weight excluding hydrogens is 354 g/mol. The fraction of sp³-hybridized carbons (Fsp3) is 0.870. The number of rotatable bonds is 10. The molecule has 1 unspecified atom stereocenters. The standard InChI is InChI=1S/C23H39NO4/c1-24(27)23(26)12-8-3-2-7-11-18-19(22-16-15-21(18)28-22)13-14-20(25)17-9-5-4-6-10-17/h2,7,17-22,25,27H,3-6,8-16H2,1H3/t18-,19+,20?,21-,22+/m0/s1. The van der Waals surface area contributed by atoms with Gasteiger partial charge in [-0.1, -0.05) is 31.4 Å². The zero-order valence-electron chi connectivity index (χ0n) is 17.5. The van der Waals surface area contributed by atoms with Crippen LogP contribution in [0.4, 0.5) is 0 Å². The van der Waals surface area contributed by atoms with E-state index in [1.807, 2.05) is 0 Å². The molecule has 0 spiro atoms. The van der Waals surface area contributed by atoms with Crippen molar-refractivity contribution in [3.8, 4) is 0 Å². The van der Waals surface area contributed by atoms with Crippen molar-refractivity contribution in [2.45, 2.75) is 102 Å². The average Bonchev–Trinajstić information content (AvgIpc) is 3.31. The van der Waals surface area contributed by atoms with Crippen LogP contribution in [0.25, 0.3) is 0 Å². The van der Waals surface area contributed by atoms with Crippen molar-refractivity contribution in [1.82, 2.24) is 5.06 Å². The fourth-order valence-corrected chi connectivity index (χ4v) is 5.62. The maximum Gasteiger partial charge on any atom is 0.245 e. The first-order valence-electron chi connectivity index (χ1n) is 11.5. The summed E-state index contributed by atoms with van der Waals surface area (Å²) in [7, 11) is 1.37. The molecule has 2 saturated heterocycles. The van der Waals surface area contributed by atoms with Gasteiger partial charge in [-0.2, -0.15) is 0 Å². The molecule has 1 saturated carbocycles. The molecular formula is C23H39NO4. The van der Waals surface area contributed by atoms with Crippen LogP contribution in [0.1, 0.15) is 83.5 Å². The number of hydrogen-bond donors (Lipinski definition) is 2. The molecule has 5 nitrogen and oxygen atoms in total. The summed E-state index contributed by atoms with van der Waals surface area (Å²) in [5.41, 5.74) is 0. The number of allylic oxidation sites excluding steroid dienone is 2. The van der Waals surface area contributed by atoms with Gasteiger partial charge in [-0.15, -0.1) is 0 Å². The second-order valence-corrected chi connectivity index (χ2v) is 9.18. The number of fused-ring (bicyclic) bond motifs is 2. The van der Waals surface area contributed by atoms with Crippen LogP contribution in [-0.2, 0) is 9.53 Å². The van der Waals surface area contributed by atoms with Crippen LogP contribution in [0.15, 0.2) is 12.2 Å². The van der Waals surface area contributed by atoms with E-state index in [1.165, 1.54) is 52.0 Å². The number of aliphatic hydroxyl groups is 1. The highest BCUT2D eigenvalue weighted by Crippen LogP contribution is 2.47. The first-order valence-corrected chi connectivity index (χ1v) is 11.5. The SMILES string of the molecule is CN(O)C(=O)CCCC=CC[C@H]1[C@@H](CCC(O)C2CCCCC2)[C@H]2CC[C@@H]1O2. The number of unbranched alkanes of at least 4 members (excludes halogenated alkanes) is 1. The van der Waals surface area contributed by atoms with E-state index in [0.29, 0.717) is 41.4 Å². The molecule has 5 heteroatoms. The maximum atomic E-state index is 11.4. The Hall–Kier alpha value is -0.910. The average molecular weight is 394 g/mol. The molecule has 1 aliphatic carbocycles. The summed E-state index contributed by atoms with van der Waals surface area (Å²) in [6.07, 6.45) is 18.9. The number of nitrogens with zero attached hydrogens (tertiary/aromatic N) is 1. The van der Waals surface area contributed by atoms with E-state index in [1.54, 1.807) is 0 Å². The highest BCUT2D eigenvalue weighted by atomic mass is 16.5. The van der Waals surface area contributed by atoms with E-state index in [4.69, 9.17) is 9.94 Å². The number of hydroxylamine groups is 2. The van der Waals surface area contributed by atoms with Gasteiger partial charge in [0.15, 0.2) is 0 Å². The van der Waals surface area contributed by atoms with Crippen molar-refractivity contribution in [2.75, 3.05) is 7.05 Å². The highest BCUT2D eigenvalue weighted by Gasteiger charge is 2.47. The molecule has 2 N–H and O–H groups in total. The zero-order chi connectivity index (χ0) is 19.9. The van der Waals surface area contributed by atoms with E-state index >= 15 is 0 Å². The van der Waals surface area contributed by atoms with Gasteiger partial charge in [-0.05, 0) is 75.5 Å². The Bertz CT molecular complexity index is 515. The Morgan fingerprint density at radius 1 is 1.11 bits per heavy atom. The molecule has 160 valence electrons. The summed E-state index contributed by atoms with van der Waals surface area (Å²) in [6.45, 7) is 0. The number of carbonyl (C=O) groups is 1. The lowest BCUT2D eigenvalue weighted by Gasteiger charge is -2.31. The lowest BCUT2D eigenvalue weighted by molar-refractivity contribution is -0.159. The van der Waals surface area contributed by atoms with Crippen LogP contribution in [-0.4, -0.2) is 46.6 Å². The molecule has 2 aliphatic heterocycles. The van der Waals surface area contributed by atoms with Crippen LogP contribution in [0.3, 0.4) is 0 Å². The molecule has 0 aromatic rings. The Balaban J connectivity index is 1.40. The van der Waals surface area contributed by atoms with Crippen LogP contribution in [0.5, 0.6) is 0 Å². The smallest absolute Gasteiger partial charge is 0.245 e. The van der Waals surface area contributed by atoms with E-state index in [9.17, 15) is 9.90 Å². The normalized spacial score (nSPS) is 31.5. The van der Waals surface area contributed by atoms with Crippen molar-refractivity contribution < 1.29 is 19.8 Å². The predicted octanol–water partition coefficient (Wildman–Crippen LogP) is 4.47. The van der Waals surface area contributed by atoms with Crippen LogP contribution < -0.4 is 0 Å². The van der Waals surface area contributed by atoms with Gasteiger partial charge in [0.2, 0.25) is 5.91 Å². The Kier molecular flexibility index (Phi) is 8.36. The van der Waals surface area contributed by atoms with E-state index in [-0.39, 0.29) is 12.0 Å². The van der Waals surface area contributed by atoms with Gasteiger partial charge < -0.3 is 9.84 Å². The molecule has 28 heavy (non-hydrogen) atoms. The van der Waals surface area contributed by atoms with Crippen LogP contribution >= 0.6 is 0 Å². The minimum Gasteiger partial charge on any atom is -0.393 e. The molecule has 3 fully saturated rings. The number of amides is 1. The molecule has 0 aromatic heterocycles. The molecule has 3 aliphatic rings. The van der Waals surface area contributed by atoms with Gasteiger partial charge in [0.05, 0.1) is 18.3 Å². The maximum absolute atomic E-state index is 11.4. The number of hydrogen-bond acceptors (Lipinski definition) is 4. The summed E-state index contributed by atoms with van der Waals surface area (Å²) in [5, 5.41) is 20.4. The first-order chi connectivity index (χ1) is 13.6. The molecule has 0 aromatic carbocycles. The summed E-state index contributed by atoms with van der Waals surface area (Å²) in [5.74, 6) is 1.46. The summed E-state index contributed by atoms with van der Waals surface area (Å²) < 4.78 is 6.22. The number of ether oxygens (including phenoxy) is 1. The quantitative estimate of drug-likeness (QED) is 0.249. The molecule has 2 heterocycles. The molecule has 2 bridgehead atoms. The van der Waals surface area contributed by atoms with Crippen molar-refractivity contribution in [1.29, 1.82) is 0 Å². The van der Waals surface area contributed by atoms with Crippen LogP contribution in [0.2, 0.25) is 0 Å². The monoisotopic (exact) mass is 393 g/mol. The summed E-state index contributed by atoms with van der Waals surface area (Å²) in [4.78, 5) is 11.4. The topological polar surface area (TPSA) is 70.0 Å². The number of aliphatic hydroxyl groups excluding tert-OH is 1. The van der Waals surface area contributed by atoms with Crippen molar-refractivity contribution in [3.63, 3.8) is 0 Å². The Morgan fingerprint density at radius 3 is 2.54 bits per heavy atom. The van der Waals surface area contributed by atoms with Gasteiger partial charge in [-0.25, -0.2) is 5.06 Å². The van der Waals surface area contributed by atoms with Gasteiger partial charge in [0, 0.05) is 13.5 Å². The largest absolute Gasteiger partial charge is 0.393 e. The van der Waals surface area contributed by atoms with E-state index < -0.39 is 0 Å². The van der Waals surface area contributed by atoms with Crippen molar-refractivity contribution in [2.24, 2.45) is 17.8 Å². The van der Waals surface area contributed by atoms with Crippen LogP contribution in [0, 0.1) is 17.8 Å².